The third kappa shape index (κ3) is 3.44. The lowest BCUT2D eigenvalue weighted by Gasteiger charge is -2.36. The minimum atomic E-state index is -1.65. The van der Waals surface area contributed by atoms with Gasteiger partial charge in [0.25, 0.3) is 5.91 Å². The number of aromatic amines is 1. The predicted molar refractivity (Wildman–Crippen MR) is 119 cm³/mol. The zero-order valence-corrected chi connectivity index (χ0v) is 18.1. The number of hydrogen-bond donors (Lipinski definition) is 1. The van der Waals surface area contributed by atoms with E-state index in [2.05, 4.69) is 11.1 Å². The Morgan fingerprint density at radius 1 is 1.03 bits per heavy atom. The van der Waals surface area contributed by atoms with Crippen LogP contribution in [0.2, 0.25) is 0 Å². The van der Waals surface area contributed by atoms with Gasteiger partial charge in [-0.25, -0.2) is 13.2 Å². The molecular formula is C26H21F3N2O2. The molecular weight excluding hydrogens is 429 g/mol. The number of ether oxygens (including phenoxy) is 1. The zero-order chi connectivity index (χ0) is 23.3. The summed E-state index contributed by atoms with van der Waals surface area (Å²) in [7, 11) is 1.56. The number of methoxy groups -OCH3 is 1. The highest BCUT2D eigenvalue weighted by Crippen LogP contribution is 2.40. The molecule has 5 rings (SSSR count). The SMILES string of the molecule is COc1ccc(C2c3[nH]c4ccc(C)cc4c3CCN2C(=O)c2ccc(F)c(F)c2F)cc1. The highest BCUT2D eigenvalue weighted by atomic mass is 19.2. The molecule has 3 aromatic carbocycles. The molecule has 0 fully saturated rings. The van der Waals surface area contributed by atoms with Crippen molar-refractivity contribution < 1.29 is 22.7 Å². The molecule has 7 heteroatoms. The zero-order valence-electron chi connectivity index (χ0n) is 18.1. The topological polar surface area (TPSA) is 45.3 Å². The molecule has 4 aromatic rings. The van der Waals surface area contributed by atoms with E-state index in [9.17, 15) is 18.0 Å². The van der Waals surface area contributed by atoms with Crippen molar-refractivity contribution in [1.82, 2.24) is 9.88 Å². The standard InChI is InChI=1S/C26H21F3N2O2/c1-14-3-10-21-19(13-14)17-11-12-31(26(32)18-8-9-20(27)23(29)22(18)28)25(24(17)30-21)15-4-6-16(33-2)7-5-15/h3-10,13,25,30H,11-12H2,1-2H3. The number of aromatic nitrogens is 1. The maximum absolute atomic E-state index is 14.5. The summed E-state index contributed by atoms with van der Waals surface area (Å²) in [6.07, 6.45) is 0.544. The molecule has 1 aliphatic heterocycles. The first-order valence-corrected chi connectivity index (χ1v) is 10.6. The molecule has 2 heterocycles. The minimum absolute atomic E-state index is 0.294. The monoisotopic (exact) mass is 450 g/mol. The van der Waals surface area contributed by atoms with Crippen molar-refractivity contribution >= 4 is 16.8 Å². The maximum Gasteiger partial charge on any atom is 0.257 e. The van der Waals surface area contributed by atoms with E-state index in [0.29, 0.717) is 18.7 Å². The van der Waals surface area contributed by atoms with Gasteiger partial charge in [0, 0.05) is 23.1 Å². The van der Waals surface area contributed by atoms with Gasteiger partial charge < -0.3 is 14.6 Å². The van der Waals surface area contributed by atoms with E-state index in [-0.39, 0.29) is 0 Å². The molecule has 1 atom stereocenters. The van der Waals surface area contributed by atoms with Crippen LogP contribution in [0, 0.1) is 24.4 Å². The minimum Gasteiger partial charge on any atom is -0.497 e. The number of benzene rings is 3. The Morgan fingerprint density at radius 3 is 2.52 bits per heavy atom. The van der Waals surface area contributed by atoms with Crippen LogP contribution in [0.5, 0.6) is 5.75 Å². The molecule has 33 heavy (non-hydrogen) atoms. The summed E-state index contributed by atoms with van der Waals surface area (Å²) in [6.45, 7) is 2.31. The van der Waals surface area contributed by atoms with Crippen LogP contribution in [0.3, 0.4) is 0 Å². The summed E-state index contributed by atoms with van der Waals surface area (Å²) < 4.78 is 47.1. The number of amides is 1. The molecule has 0 saturated carbocycles. The summed E-state index contributed by atoms with van der Waals surface area (Å²) in [6, 6.07) is 14.6. The van der Waals surface area contributed by atoms with Crippen molar-refractivity contribution in [3.8, 4) is 5.75 Å². The van der Waals surface area contributed by atoms with Gasteiger partial charge in [0.2, 0.25) is 0 Å². The van der Waals surface area contributed by atoms with Gasteiger partial charge in [0.05, 0.1) is 18.7 Å². The number of H-pyrrole nitrogens is 1. The highest BCUT2D eigenvalue weighted by Gasteiger charge is 2.36. The number of halogens is 3. The third-order valence-corrected chi connectivity index (χ3v) is 6.24. The Balaban J connectivity index is 1.67. The molecule has 1 aromatic heterocycles. The Kier molecular flexibility index (Phi) is 5.12. The van der Waals surface area contributed by atoms with Crippen molar-refractivity contribution in [2.24, 2.45) is 0 Å². The van der Waals surface area contributed by atoms with E-state index in [0.717, 1.165) is 45.4 Å². The molecule has 1 unspecified atom stereocenters. The molecule has 0 saturated heterocycles. The number of aryl methyl sites for hydroxylation is 1. The molecule has 1 aliphatic rings. The van der Waals surface area contributed by atoms with Crippen LogP contribution in [0.1, 0.15) is 38.8 Å². The van der Waals surface area contributed by atoms with Crippen LogP contribution in [0.25, 0.3) is 10.9 Å². The molecule has 1 amide bonds. The van der Waals surface area contributed by atoms with Gasteiger partial charge >= 0.3 is 0 Å². The fourth-order valence-corrected chi connectivity index (χ4v) is 4.60. The molecule has 0 spiro atoms. The number of carbonyl (C=O) groups excluding carboxylic acids is 1. The first kappa shape index (κ1) is 21.1. The molecule has 0 bridgehead atoms. The normalized spacial score (nSPS) is 15.5. The van der Waals surface area contributed by atoms with Crippen molar-refractivity contribution in [2.75, 3.05) is 13.7 Å². The number of hydrogen-bond acceptors (Lipinski definition) is 2. The second kappa shape index (κ2) is 7.99. The average molecular weight is 450 g/mol. The van der Waals surface area contributed by atoms with Crippen molar-refractivity contribution in [2.45, 2.75) is 19.4 Å². The van der Waals surface area contributed by atoms with Gasteiger partial charge in [-0.15, -0.1) is 0 Å². The van der Waals surface area contributed by atoms with E-state index in [1.807, 2.05) is 31.2 Å². The number of nitrogens with zero attached hydrogens (tertiary/aromatic N) is 1. The second-order valence-electron chi connectivity index (χ2n) is 8.21. The molecule has 0 radical (unpaired) electrons. The van der Waals surface area contributed by atoms with Crippen LogP contribution in [0.4, 0.5) is 13.2 Å². The van der Waals surface area contributed by atoms with Gasteiger partial charge in [-0.3, -0.25) is 4.79 Å². The van der Waals surface area contributed by atoms with Crippen molar-refractivity contribution in [3.05, 3.63) is 100.0 Å². The van der Waals surface area contributed by atoms with Crippen molar-refractivity contribution in [1.29, 1.82) is 0 Å². The molecule has 4 nitrogen and oxygen atoms in total. The second-order valence-corrected chi connectivity index (χ2v) is 8.21. The van der Waals surface area contributed by atoms with E-state index >= 15 is 0 Å². The van der Waals surface area contributed by atoms with Gasteiger partial charge in [-0.2, -0.15) is 0 Å². The van der Waals surface area contributed by atoms with Crippen LogP contribution in [0.15, 0.2) is 54.6 Å². The molecule has 168 valence electrons. The van der Waals surface area contributed by atoms with E-state index in [4.69, 9.17) is 4.74 Å². The van der Waals surface area contributed by atoms with Crippen LogP contribution in [-0.4, -0.2) is 29.4 Å². The smallest absolute Gasteiger partial charge is 0.257 e. The van der Waals surface area contributed by atoms with E-state index in [1.54, 1.807) is 19.2 Å². The number of carbonyl (C=O) groups is 1. The summed E-state index contributed by atoms with van der Waals surface area (Å²) in [4.78, 5) is 18.4. The Bertz CT molecular complexity index is 1380. The number of fused-ring (bicyclic) bond motifs is 3. The van der Waals surface area contributed by atoms with Gasteiger partial charge in [-0.1, -0.05) is 23.8 Å². The largest absolute Gasteiger partial charge is 0.497 e. The van der Waals surface area contributed by atoms with Gasteiger partial charge in [0.15, 0.2) is 17.5 Å². The fraction of sp³-hybridized carbons (Fsp3) is 0.192. The number of rotatable bonds is 3. The van der Waals surface area contributed by atoms with Crippen LogP contribution in [-0.2, 0) is 6.42 Å². The first-order valence-electron chi connectivity index (χ1n) is 10.6. The maximum atomic E-state index is 14.5. The van der Waals surface area contributed by atoms with Crippen LogP contribution >= 0.6 is 0 Å². The lowest BCUT2D eigenvalue weighted by atomic mass is 9.91. The predicted octanol–water partition coefficient (Wildman–Crippen LogP) is 5.69. The summed E-state index contributed by atoms with van der Waals surface area (Å²) >= 11 is 0. The number of nitrogens with one attached hydrogen (secondary N) is 1. The van der Waals surface area contributed by atoms with Crippen molar-refractivity contribution in [3.63, 3.8) is 0 Å². The van der Waals surface area contributed by atoms with Gasteiger partial charge in [-0.05, 0) is 60.9 Å². The van der Waals surface area contributed by atoms with E-state index in [1.165, 1.54) is 4.90 Å². The lowest BCUT2D eigenvalue weighted by Crippen LogP contribution is -2.41. The lowest BCUT2D eigenvalue weighted by molar-refractivity contribution is 0.0685. The molecule has 1 N–H and O–H groups in total. The highest BCUT2D eigenvalue weighted by molar-refractivity contribution is 5.96. The quantitative estimate of drug-likeness (QED) is 0.408. The fourth-order valence-electron chi connectivity index (χ4n) is 4.60. The van der Waals surface area contributed by atoms with E-state index < -0.39 is 35.0 Å². The Labute approximate surface area is 188 Å². The summed E-state index contributed by atoms with van der Waals surface area (Å²) in [5.74, 6) is -4.51. The first-order chi connectivity index (χ1) is 15.9. The third-order valence-electron chi connectivity index (χ3n) is 6.24. The Hall–Kier alpha value is -3.74. The van der Waals surface area contributed by atoms with Gasteiger partial charge in [0.1, 0.15) is 5.75 Å². The average Bonchev–Trinajstić information content (AvgIpc) is 3.19. The van der Waals surface area contributed by atoms with Crippen LogP contribution < -0.4 is 4.74 Å². The Morgan fingerprint density at radius 2 is 1.79 bits per heavy atom. The summed E-state index contributed by atoms with van der Waals surface area (Å²) in [5.41, 5.74) is 4.26. The molecule has 0 aliphatic carbocycles. The summed E-state index contributed by atoms with van der Waals surface area (Å²) in [5, 5.41) is 1.08.